The van der Waals surface area contributed by atoms with E-state index in [1.165, 1.54) is 4.90 Å². The molecule has 1 fully saturated rings. The Bertz CT molecular complexity index is 991. The zero-order valence-corrected chi connectivity index (χ0v) is 17.9. The molecule has 2 aliphatic rings. The van der Waals surface area contributed by atoms with Gasteiger partial charge >= 0.3 is 0 Å². The van der Waals surface area contributed by atoms with Crippen molar-refractivity contribution in [2.45, 2.75) is 39.3 Å². The van der Waals surface area contributed by atoms with Crippen LogP contribution in [0, 0.1) is 13.8 Å². The van der Waals surface area contributed by atoms with E-state index in [-0.39, 0.29) is 17.9 Å². The zero-order chi connectivity index (χ0) is 21.3. The molecule has 0 spiro atoms. The lowest BCUT2D eigenvalue weighted by Crippen LogP contribution is -2.39. The van der Waals surface area contributed by atoms with E-state index in [9.17, 15) is 9.59 Å². The molecule has 2 aromatic rings. The molecule has 5 nitrogen and oxygen atoms in total. The van der Waals surface area contributed by atoms with Crippen molar-refractivity contribution in [2.75, 3.05) is 20.2 Å². The Labute approximate surface area is 177 Å². The molecular formula is C25H28N2O3. The lowest BCUT2D eigenvalue weighted by molar-refractivity contribution is -0.139. The Morgan fingerprint density at radius 3 is 2.47 bits per heavy atom. The van der Waals surface area contributed by atoms with E-state index in [1.54, 1.807) is 0 Å². The number of benzene rings is 2. The first kappa shape index (κ1) is 20.4. The molecule has 0 bridgehead atoms. The molecule has 1 unspecified atom stereocenters. The van der Waals surface area contributed by atoms with Crippen LogP contribution < -0.4 is 0 Å². The zero-order valence-electron chi connectivity index (χ0n) is 17.9. The van der Waals surface area contributed by atoms with Gasteiger partial charge in [-0.15, -0.1) is 0 Å². The van der Waals surface area contributed by atoms with Crippen LogP contribution in [0.15, 0.2) is 54.2 Å². The molecule has 0 radical (unpaired) electrons. The molecule has 2 amide bonds. The van der Waals surface area contributed by atoms with Crippen molar-refractivity contribution in [2.24, 2.45) is 0 Å². The molecule has 1 saturated heterocycles. The van der Waals surface area contributed by atoms with Crippen LogP contribution >= 0.6 is 0 Å². The smallest absolute Gasteiger partial charge is 0.277 e. The fourth-order valence-corrected chi connectivity index (χ4v) is 4.17. The first-order valence-electron chi connectivity index (χ1n) is 10.5. The second kappa shape index (κ2) is 8.44. The Morgan fingerprint density at radius 1 is 1.03 bits per heavy atom. The van der Waals surface area contributed by atoms with Crippen LogP contribution in [0.4, 0.5) is 0 Å². The fourth-order valence-electron chi connectivity index (χ4n) is 4.17. The average Bonchev–Trinajstić information content (AvgIpc) is 3.33. The summed E-state index contributed by atoms with van der Waals surface area (Å²) < 4.78 is 5.70. The van der Waals surface area contributed by atoms with Gasteiger partial charge in [0.05, 0.1) is 18.2 Å². The Kier molecular flexibility index (Phi) is 5.73. The van der Waals surface area contributed by atoms with Crippen molar-refractivity contribution in [3.63, 3.8) is 0 Å². The second-order valence-corrected chi connectivity index (χ2v) is 8.22. The highest BCUT2D eigenvalue weighted by atomic mass is 16.5. The van der Waals surface area contributed by atoms with Crippen LogP contribution in [-0.2, 0) is 20.9 Å². The summed E-state index contributed by atoms with van der Waals surface area (Å²) >= 11 is 0. The third kappa shape index (κ3) is 3.90. The van der Waals surface area contributed by atoms with E-state index in [1.807, 2.05) is 74.3 Å². The molecule has 156 valence electrons. The van der Waals surface area contributed by atoms with Crippen molar-refractivity contribution < 1.29 is 14.3 Å². The van der Waals surface area contributed by atoms with E-state index < -0.39 is 0 Å². The van der Waals surface area contributed by atoms with Crippen molar-refractivity contribution in [3.05, 3.63) is 76.5 Å². The molecule has 1 atom stereocenters. The largest absolute Gasteiger partial charge is 0.376 e. The lowest BCUT2D eigenvalue weighted by atomic mass is 9.99. The average molecular weight is 405 g/mol. The quantitative estimate of drug-likeness (QED) is 0.689. The van der Waals surface area contributed by atoms with E-state index in [0.29, 0.717) is 31.0 Å². The fraction of sp³-hybridized carbons (Fsp3) is 0.360. The summed E-state index contributed by atoms with van der Waals surface area (Å²) in [6.45, 7) is 5.63. The predicted molar refractivity (Wildman–Crippen MR) is 116 cm³/mol. The number of carbonyl (C=O) groups is 2. The third-order valence-corrected chi connectivity index (χ3v) is 5.99. The van der Waals surface area contributed by atoms with Gasteiger partial charge in [0.25, 0.3) is 11.8 Å². The standard InChI is InChI=1S/C25H28N2O3/c1-17-11-12-20(14-18(17)2)22-23(26(3)15-19-8-5-4-6-9-19)25(29)27(24(22)28)16-21-10-7-13-30-21/h4-6,8-9,11-12,14,21H,7,10,13,15-16H2,1-3H3. The summed E-state index contributed by atoms with van der Waals surface area (Å²) in [5, 5.41) is 0. The maximum absolute atomic E-state index is 13.4. The van der Waals surface area contributed by atoms with Crippen LogP contribution in [-0.4, -0.2) is 47.9 Å². The first-order valence-corrected chi connectivity index (χ1v) is 10.5. The number of nitrogens with zero attached hydrogens (tertiary/aromatic N) is 2. The molecule has 30 heavy (non-hydrogen) atoms. The number of rotatable bonds is 6. The monoisotopic (exact) mass is 404 g/mol. The Morgan fingerprint density at radius 2 is 1.80 bits per heavy atom. The van der Waals surface area contributed by atoms with Crippen LogP contribution in [0.2, 0.25) is 0 Å². The second-order valence-electron chi connectivity index (χ2n) is 8.22. The van der Waals surface area contributed by atoms with E-state index >= 15 is 0 Å². The van der Waals surface area contributed by atoms with Crippen LogP contribution in [0.1, 0.15) is 35.1 Å². The number of aryl methyl sites for hydroxylation is 2. The summed E-state index contributed by atoms with van der Waals surface area (Å²) in [7, 11) is 1.88. The summed E-state index contributed by atoms with van der Waals surface area (Å²) in [6, 6.07) is 15.9. The van der Waals surface area contributed by atoms with E-state index in [2.05, 4.69) is 0 Å². The van der Waals surface area contributed by atoms with Crippen molar-refractivity contribution in [1.29, 1.82) is 0 Å². The minimum absolute atomic E-state index is 0.0716. The summed E-state index contributed by atoms with van der Waals surface area (Å²) in [6.07, 6.45) is 1.78. The highest BCUT2D eigenvalue weighted by Crippen LogP contribution is 2.33. The molecule has 2 heterocycles. The number of ether oxygens (including phenoxy) is 1. The van der Waals surface area contributed by atoms with Gasteiger partial charge in [0.2, 0.25) is 0 Å². The molecule has 5 heteroatoms. The number of amides is 2. The Balaban J connectivity index is 1.72. The van der Waals surface area contributed by atoms with Gasteiger partial charge in [0.15, 0.2) is 0 Å². The number of imide groups is 1. The molecule has 2 aliphatic heterocycles. The SMILES string of the molecule is Cc1ccc(C2=C(N(C)Cc3ccccc3)C(=O)N(CC3CCCO3)C2=O)cc1C. The minimum atomic E-state index is -0.234. The topological polar surface area (TPSA) is 49.9 Å². The summed E-state index contributed by atoms with van der Waals surface area (Å²) in [5.41, 5.74) is 5.09. The maximum Gasteiger partial charge on any atom is 0.277 e. The molecule has 2 aromatic carbocycles. The molecule has 0 aliphatic carbocycles. The summed E-state index contributed by atoms with van der Waals surface area (Å²) in [4.78, 5) is 30.1. The molecule has 0 aromatic heterocycles. The highest BCUT2D eigenvalue weighted by molar-refractivity contribution is 6.35. The first-order chi connectivity index (χ1) is 14.5. The normalized spacial score (nSPS) is 19.2. The van der Waals surface area contributed by atoms with Crippen LogP contribution in [0.3, 0.4) is 0 Å². The van der Waals surface area contributed by atoms with Gasteiger partial charge in [0, 0.05) is 20.2 Å². The summed E-state index contributed by atoms with van der Waals surface area (Å²) in [5.74, 6) is -0.462. The van der Waals surface area contributed by atoms with Gasteiger partial charge in [-0.25, -0.2) is 0 Å². The lowest BCUT2D eigenvalue weighted by Gasteiger charge is -2.22. The van der Waals surface area contributed by atoms with Gasteiger partial charge in [-0.2, -0.15) is 0 Å². The highest BCUT2D eigenvalue weighted by Gasteiger charge is 2.42. The molecule has 0 saturated carbocycles. The predicted octanol–water partition coefficient (Wildman–Crippen LogP) is 3.69. The van der Waals surface area contributed by atoms with Crippen molar-refractivity contribution >= 4 is 17.4 Å². The van der Waals surface area contributed by atoms with Crippen LogP contribution in [0.5, 0.6) is 0 Å². The number of carbonyl (C=O) groups excluding carboxylic acids is 2. The van der Waals surface area contributed by atoms with E-state index in [0.717, 1.165) is 35.1 Å². The molecular weight excluding hydrogens is 376 g/mol. The molecule has 4 rings (SSSR count). The van der Waals surface area contributed by atoms with Gasteiger partial charge in [-0.1, -0.05) is 48.5 Å². The van der Waals surface area contributed by atoms with E-state index in [4.69, 9.17) is 4.74 Å². The van der Waals surface area contributed by atoms with Gasteiger partial charge in [0.1, 0.15) is 5.70 Å². The number of hydrogen-bond donors (Lipinski definition) is 0. The third-order valence-electron chi connectivity index (χ3n) is 5.99. The van der Waals surface area contributed by atoms with Gasteiger partial charge in [-0.3, -0.25) is 14.5 Å². The van der Waals surface area contributed by atoms with Gasteiger partial charge in [-0.05, 0) is 48.9 Å². The van der Waals surface area contributed by atoms with Crippen molar-refractivity contribution in [3.8, 4) is 0 Å². The maximum atomic E-state index is 13.4. The van der Waals surface area contributed by atoms with Gasteiger partial charge < -0.3 is 9.64 Å². The Hall–Kier alpha value is -2.92. The number of likely N-dealkylation sites (N-methyl/N-ethyl adjacent to an activating group) is 1. The van der Waals surface area contributed by atoms with Crippen molar-refractivity contribution in [1.82, 2.24) is 9.80 Å². The minimum Gasteiger partial charge on any atom is -0.376 e. The number of hydrogen-bond acceptors (Lipinski definition) is 4. The molecule has 0 N–H and O–H groups in total. The van der Waals surface area contributed by atoms with Crippen LogP contribution in [0.25, 0.3) is 5.57 Å².